The molecule has 0 aromatic heterocycles. The summed E-state index contributed by atoms with van der Waals surface area (Å²) in [5.41, 5.74) is -2.04. The van der Waals surface area contributed by atoms with Crippen LogP contribution in [0.1, 0.15) is 38.6 Å². The number of carbonyl (C=O) groups excluding carboxylic acids is 1. The van der Waals surface area contributed by atoms with Crippen molar-refractivity contribution >= 4 is 5.78 Å². The van der Waals surface area contributed by atoms with Gasteiger partial charge in [-0.25, -0.2) is 0 Å². The van der Waals surface area contributed by atoms with Gasteiger partial charge >= 0.3 is 0 Å². The van der Waals surface area contributed by atoms with Crippen LogP contribution in [0, 0.1) is 0 Å². The van der Waals surface area contributed by atoms with Crippen molar-refractivity contribution in [2.24, 2.45) is 0 Å². The molecule has 1 saturated carbocycles. The number of aliphatic hydroxyl groups is 1. The Hall–Kier alpha value is -1.59. The van der Waals surface area contributed by atoms with Gasteiger partial charge in [-0.1, -0.05) is 6.07 Å². The molecule has 1 spiro atoms. The van der Waals surface area contributed by atoms with E-state index in [4.69, 9.17) is 17.7 Å². The molecule has 0 radical (unpaired) electrons. The van der Waals surface area contributed by atoms with Crippen molar-refractivity contribution in [2.75, 3.05) is 20.6 Å². The Morgan fingerprint density at radius 1 is 1.57 bits per heavy atom. The summed E-state index contributed by atoms with van der Waals surface area (Å²) in [5, 5.41) is 11.9. The van der Waals surface area contributed by atoms with Crippen LogP contribution in [0.2, 0.25) is 0 Å². The summed E-state index contributed by atoms with van der Waals surface area (Å²) in [6, 6.07) is 2.63. The highest BCUT2D eigenvalue weighted by Gasteiger charge is 2.72. The van der Waals surface area contributed by atoms with Crippen molar-refractivity contribution in [3.63, 3.8) is 0 Å². The number of carbonyl (C=O) groups is 1. The molecule has 5 rings (SSSR count). The summed E-state index contributed by atoms with van der Waals surface area (Å²) in [6.07, 6.45) is -4.73. The van der Waals surface area contributed by atoms with E-state index in [1.165, 1.54) is 6.07 Å². The number of hydrogen-bond acceptors (Lipinski definition) is 5. The van der Waals surface area contributed by atoms with E-state index in [-0.39, 0.29) is 17.9 Å². The van der Waals surface area contributed by atoms with E-state index in [1.54, 1.807) is 6.07 Å². The lowest BCUT2D eigenvalue weighted by Gasteiger charge is -2.62. The Labute approximate surface area is 143 Å². The Morgan fingerprint density at radius 2 is 2.43 bits per heavy atom. The molecule has 5 nitrogen and oxygen atoms in total. The van der Waals surface area contributed by atoms with Crippen LogP contribution in [-0.2, 0) is 16.6 Å². The lowest BCUT2D eigenvalue weighted by Crippen LogP contribution is -2.76. The molecule has 0 amide bonds. The minimum atomic E-state index is -2.77. The first kappa shape index (κ1) is 9.04. The van der Waals surface area contributed by atoms with Crippen molar-refractivity contribution in [3.8, 4) is 11.5 Å². The van der Waals surface area contributed by atoms with Crippen molar-refractivity contribution < 1.29 is 27.6 Å². The lowest BCUT2D eigenvalue weighted by molar-refractivity contribution is -0.185. The zero-order chi connectivity index (χ0) is 21.2. The van der Waals surface area contributed by atoms with Crippen LogP contribution < -0.4 is 9.47 Å². The molecule has 1 unspecified atom stereocenters. The molecule has 122 valence electrons. The predicted octanol–water partition coefficient (Wildman–Crippen LogP) is 1.05. The largest absolute Gasteiger partial charge is 0.493 e. The SMILES string of the molecule is [2H]C([2H])([2H])Oc1ccc2c3c1OC1([2H])C(=O)C([2H])([2H])C[C@@]4(O)[C@@H](C2)N(C)CC[C@]314. The average Bonchev–Trinajstić information content (AvgIpc) is 2.85. The Kier molecular flexibility index (Phi) is 1.60. The van der Waals surface area contributed by atoms with Gasteiger partial charge in [0.1, 0.15) is 0 Å². The number of benzene rings is 1. The van der Waals surface area contributed by atoms with Crippen molar-refractivity contribution in [1.29, 1.82) is 0 Å². The first-order chi connectivity index (χ1) is 13.3. The number of ketones is 1. The molecule has 1 N–H and O–H groups in total. The van der Waals surface area contributed by atoms with E-state index in [1.807, 2.05) is 11.9 Å². The monoisotopic (exact) mass is 321 g/mol. The molecule has 1 aromatic carbocycles. The van der Waals surface area contributed by atoms with Crippen LogP contribution in [0.25, 0.3) is 0 Å². The molecule has 4 aliphatic rings. The van der Waals surface area contributed by atoms with E-state index < -0.39 is 48.8 Å². The van der Waals surface area contributed by atoms with Gasteiger partial charge in [0.25, 0.3) is 0 Å². The predicted molar refractivity (Wildman–Crippen MR) is 83.0 cm³/mol. The van der Waals surface area contributed by atoms with Gasteiger partial charge in [0.2, 0.25) is 0 Å². The first-order valence-electron chi connectivity index (χ1n) is 10.8. The zero-order valence-corrected chi connectivity index (χ0v) is 12.7. The number of Topliss-reactive ketones (excluding diaryl/α,β-unsaturated/α-hetero) is 1. The summed E-state index contributed by atoms with van der Waals surface area (Å²) in [5.74, 6) is -1.23. The van der Waals surface area contributed by atoms with Crippen LogP contribution in [0.5, 0.6) is 11.5 Å². The van der Waals surface area contributed by atoms with Gasteiger partial charge in [-0.05, 0) is 44.5 Å². The molecular weight excluding hydrogens is 294 g/mol. The third kappa shape index (κ3) is 1.32. The first-order valence-corrected chi connectivity index (χ1v) is 7.79. The molecule has 5 heteroatoms. The topological polar surface area (TPSA) is 59.0 Å². The molecule has 1 aromatic rings. The number of piperidine rings is 1. The zero-order valence-electron chi connectivity index (χ0n) is 18.7. The Morgan fingerprint density at radius 3 is 3.26 bits per heavy atom. The highest BCUT2D eigenvalue weighted by molar-refractivity contribution is 5.90. The molecule has 2 heterocycles. The minimum Gasteiger partial charge on any atom is -0.493 e. The van der Waals surface area contributed by atoms with Gasteiger partial charge in [-0.2, -0.15) is 0 Å². The van der Waals surface area contributed by atoms with Gasteiger partial charge < -0.3 is 19.5 Å². The quantitative estimate of drug-likeness (QED) is 0.838. The summed E-state index contributed by atoms with van der Waals surface area (Å²) < 4.78 is 58.7. The fraction of sp³-hybridized carbons (Fsp3) is 0.611. The van der Waals surface area contributed by atoms with Crippen molar-refractivity contribution in [1.82, 2.24) is 4.90 Å². The second-order valence-electron chi connectivity index (χ2n) is 6.92. The highest BCUT2D eigenvalue weighted by atomic mass is 16.5. The Bertz CT molecular complexity index is 951. The number of likely N-dealkylation sites (N-methyl/N-ethyl adjacent to an activating group) is 1. The number of hydrogen-bond donors (Lipinski definition) is 1. The lowest BCUT2D eigenvalue weighted by atomic mass is 9.49. The van der Waals surface area contributed by atoms with Gasteiger partial charge in [-0.3, -0.25) is 4.79 Å². The molecular formula is C18H21NO4. The van der Waals surface area contributed by atoms with Crippen LogP contribution in [0.3, 0.4) is 0 Å². The second-order valence-corrected chi connectivity index (χ2v) is 6.92. The van der Waals surface area contributed by atoms with Gasteiger partial charge in [0.05, 0.1) is 23.5 Å². The third-order valence-corrected chi connectivity index (χ3v) is 6.14. The molecule has 2 aliphatic heterocycles. The molecule has 2 fully saturated rings. The van der Waals surface area contributed by atoms with Crippen molar-refractivity contribution in [2.45, 2.75) is 48.8 Å². The van der Waals surface area contributed by atoms with E-state index in [0.717, 1.165) is 5.56 Å². The summed E-state index contributed by atoms with van der Waals surface area (Å²) >= 11 is 0. The molecule has 2 aliphatic carbocycles. The van der Waals surface area contributed by atoms with E-state index in [0.29, 0.717) is 18.5 Å². The van der Waals surface area contributed by atoms with E-state index >= 15 is 0 Å². The maximum atomic E-state index is 13.2. The van der Waals surface area contributed by atoms with E-state index in [9.17, 15) is 9.90 Å². The molecule has 23 heavy (non-hydrogen) atoms. The highest BCUT2D eigenvalue weighted by Crippen LogP contribution is 2.64. The fourth-order valence-electron chi connectivity index (χ4n) is 5.08. The maximum Gasteiger partial charge on any atom is 0.174 e. The molecule has 1 saturated heterocycles. The summed E-state index contributed by atoms with van der Waals surface area (Å²) in [4.78, 5) is 15.1. The van der Waals surface area contributed by atoms with Gasteiger partial charge in [0.15, 0.2) is 23.4 Å². The standard InChI is InChI=1S/C18H21NO4/c1-19-8-7-17-14-10-3-4-12(22-2)15(14)23-16(17)11(20)5-6-18(17,21)13(19)9-10/h3-4,13,16,21H,5-9H2,1-2H3/t13-,16?,17+,18-/m1/s1/i2D3,5D2,16D. The van der Waals surface area contributed by atoms with Crippen LogP contribution in [0.15, 0.2) is 12.1 Å². The smallest absolute Gasteiger partial charge is 0.174 e. The minimum absolute atomic E-state index is 0.0406. The second kappa shape index (κ2) is 4.08. The van der Waals surface area contributed by atoms with Gasteiger partial charge in [0, 0.05) is 20.7 Å². The average molecular weight is 321 g/mol. The number of nitrogens with zero attached hydrogens (tertiary/aromatic N) is 1. The molecule has 4 atom stereocenters. The van der Waals surface area contributed by atoms with E-state index in [2.05, 4.69) is 0 Å². The van der Waals surface area contributed by atoms with Crippen LogP contribution >= 0.6 is 0 Å². The van der Waals surface area contributed by atoms with Crippen LogP contribution in [-0.4, -0.2) is 54.1 Å². The Balaban J connectivity index is 1.84. The maximum absolute atomic E-state index is 13.2. The summed E-state index contributed by atoms with van der Waals surface area (Å²) in [6.45, 7) is 0.483. The van der Waals surface area contributed by atoms with Gasteiger partial charge in [-0.15, -0.1) is 0 Å². The van der Waals surface area contributed by atoms with Crippen LogP contribution in [0.4, 0.5) is 0 Å². The normalized spacial score (nSPS) is 50.3. The number of methoxy groups -OCH3 is 1. The molecule has 2 bridgehead atoms. The third-order valence-electron chi connectivity index (χ3n) is 6.14. The number of rotatable bonds is 1. The number of likely N-dealkylation sites (tertiary alicyclic amines) is 1. The summed E-state index contributed by atoms with van der Waals surface area (Å²) in [7, 11) is -0.936. The van der Waals surface area contributed by atoms with Crippen molar-refractivity contribution in [3.05, 3.63) is 23.3 Å². The fourth-order valence-corrected chi connectivity index (χ4v) is 5.08. The number of ether oxygens (including phenoxy) is 2.